The van der Waals surface area contributed by atoms with E-state index in [2.05, 4.69) is 15.7 Å². The van der Waals surface area contributed by atoms with Crippen LogP contribution in [0.15, 0.2) is 23.6 Å². The molecule has 0 spiro atoms. The Kier molecular flexibility index (Phi) is 4.41. The molecule has 5 heteroatoms. The molecule has 3 rings (SSSR count). The topological polar surface area (TPSA) is 43.4 Å². The van der Waals surface area contributed by atoms with Crippen molar-refractivity contribution < 1.29 is 9.47 Å². The molecule has 0 aliphatic heterocycles. The van der Waals surface area contributed by atoms with E-state index in [4.69, 9.17) is 9.47 Å². The van der Waals surface area contributed by atoms with Crippen molar-refractivity contribution >= 4 is 11.3 Å². The normalized spacial score (nSPS) is 14.2. The van der Waals surface area contributed by atoms with Crippen molar-refractivity contribution in [2.45, 2.75) is 19.4 Å². The van der Waals surface area contributed by atoms with Gasteiger partial charge in [-0.1, -0.05) is 0 Å². The summed E-state index contributed by atoms with van der Waals surface area (Å²) in [6.07, 6.45) is 2.75. The van der Waals surface area contributed by atoms with Gasteiger partial charge >= 0.3 is 0 Å². The highest BCUT2D eigenvalue weighted by Crippen LogP contribution is 2.32. The number of nitrogens with one attached hydrogen (secondary N) is 1. The summed E-state index contributed by atoms with van der Waals surface area (Å²) in [6.45, 7) is 1.97. The standard InChI is InChI=1S/C16H20N2O2S/c1-19-14-6-5-12(7-15(14)20-2)13-10-21-16(18-13)9-17-8-11-3-4-11/h5-7,10-11,17H,3-4,8-9H2,1-2H3. The van der Waals surface area contributed by atoms with Crippen LogP contribution in [-0.4, -0.2) is 25.7 Å². The van der Waals surface area contributed by atoms with Gasteiger partial charge in [-0.2, -0.15) is 0 Å². The molecule has 1 N–H and O–H groups in total. The fourth-order valence-electron chi connectivity index (χ4n) is 2.23. The van der Waals surface area contributed by atoms with E-state index in [1.807, 2.05) is 18.2 Å². The summed E-state index contributed by atoms with van der Waals surface area (Å²) < 4.78 is 10.6. The number of aromatic nitrogens is 1. The minimum Gasteiger partial charge on any atom is -0.493 e. The molecule has 112 valence electrons. The first-order valence-corrected chi connectivity index (χ1v) is 8.05. The average Bonchev–Trinajstić information content (AvgIpc) is 3.22. The number of hydrogen-bond acceptors (Lipinski definition) is 5. The van der Waals surface area contributed by atoms with Crippen LogP contribution in [0.3, 0.4) is 0 Å². The van der Waals surface area contributed by atoms with E-state index in [1.165, 1.54) is 12.8 Å². The van der Waals surface area contributed by atoms with Crippen LogP contribution in [0.5, 0.6) is 11.5 Å². The molecule has 0 bridgehead atoms. The second kappa shape index (κ2) is 6.45. The number of ether oxygens (including phenoxy) is 2. The maximum Gasteiger partial charge on any atom is 0.161 e. The van der Waals surface area contributed by atoms with Crippen LogP contribution in [0.2, 0.25) is 0 Å². The number of rotatable bonds is 7. The van der Waals surface area contributed by atoms with Crippen molar-refractivity contribution in [2.24, 2.45) is 5.92 Å². The average molecular weight is 304 g/mol. The maximum absolute atomic E-state index is 5.34. The lowest BCUT2D eigenvalue weighted by atomic mass is 10.1. The van der Waals surface area contributed by atoms with Crippen LogP contribution >= 0.6 is 11.3 Å². The van der Waals surface area contributed by atoms with Gasteiger partial charge in [0.05, 0.1) is 19.9 Å². The number of nitrogens with zero attached hydrogens (tertiary/aromatic N) is 1. The van der Waals surface area contributed by atoms with E-state index in [9.17, 15) is 0 Å². The molecule has 4 nitrogen and oxygen atoms in total. The zero-order valence-corrected chi connectivity index (χ0v) is 13.2. The number of benzene rings is 1. The fourth-order valence-corrected chi connectivity index (χ4v) is 3.00. The Balaban J connectivity index is 1.69. The third kappa shape index (κ3) is 3.54. The summed E-state index contributed by atoms with van der Waals surface area (Å²) in [6, 6.07) is 5.89. The van der Waals surface area contributed by atoms with Crippen molar-refractivity contribution in [2.75, 3.05) is 20.8 Å². The van der Waals surface area contributed by atoms with E-state index < -0.39 is 0 Å². The predicted octanol–water partition coefficient (Wildman–Crippen LogP) is 3.33. The Morgan fingerprint density at radius 3 is 2.76 bits per heavy atom. The van der Waals surface area contributed by atoms with E-state index in [-0.39, 0.29) is 0 Å². The highest BCUT2D eigenvalue weighted by Gasteiger charge is 2.20. The Hall–Kier alpha value is -1.59. The monoisotopic (exact) mass is 304 g/mol. The van der Waals surface area contributed by atoms with Gasteiger partial charge in [-0.05, 0) is 43.5 Å². The fraction of sp³-hybridized carbons (Fsp3) is 0.438. The largest absolute Gasteiger partial charge is 0.493 e. The Labute approximate surface area is 129 Å². The molecule has 0 saturated heterocycles. The third-order valence-electron chi connectivity index (χ3n) is 3.64. The molecule has 0 radical (unpaired) electrons. The minimum absolute atomic E-state index is 0.733. The lowest BCUT2D eigenvalue weighted by molar-refractivity contribution is 0.355. The summed E-state index contributed by atoms with van der Waals surface area (Å²) in [5.41, 5.74) is 2.04. The van der Waals surface area contributed by atoms with Gasteiger partial charge in [0, 0.05) is 17.5 Å². The molecule has 21 heavy (non-hydrogen) atoms. The summed E-state index contributed by atoms with van der Waals surface area (Å²) in [4.78, 5) is 4.69. The highest BCUT2D eigenvalue weighted by molar-refractivity contribution is 7.09. The zero-order chi connectivity index (χ0) is 14.7. The molecule has 2 aromatic rings. The first kappa shape index (κ1) is 14.4. The summed E-state index contributed by atoms with van der Waals surface area (Å²) in [7, 11) is 3.29. The molecule has 1 heterocycles. The summed E-state index contributed by atoms with van der Waals surface area (Å²) >= 11 is 1.69. The van der Waals surface area contributed by atoms with Gasteiger partial charge in [0.1, 0.15) is 5.01 Å². The van der Waals surface area contributed by atoms with Crippen LogP contribution in [0.25, 0.3) is 11.3 Å². The molecule has 1 aromatic carbocycles. The minimum atomic E-state index is 0.733. The molecule has 1 aromatic heterocycles. The molecule has 0 unspecified atom stereocenters. The maximum atomic E-state index is 5.34. The number of hydrogen-bond donors (Lipinski definition) is 1. The van der Waals surface area contributed by atoms with Crippen LogP contribution in [0, 0.1) is 5.92 Å². The van der Waals surface area contributed by atoms with Crippen molar-refractivity contribution in [1.82, 2.24) is 10.3 Å². The van der Waals surface area contributed by atoms with E-state index in [0.717, 1.165) is 46.8 Å². The van der Waals surface area contributed by atoms with Gasteiger partial charge in [0.15, 0.2) is 11.5 Å². The Bertz CT molecular complexity index is 608. The molecule has 0 amide bonds. The first-order valence-electron chi connectivity index (χ1n) is 7.17. The number of thiazole rings is 1. The molecule has 0 atom stereocenters. The smallest absolute Gasteiger partial charge is 0.161 e. The lowest BCUT2D eigenvalue weighted by Gasteiger charge is -2.08. The van der Waals surface area contributed by atoms with E-state index >= 15 is 0 Å². The molecular weight excluding hydrogens is 284 g/mol. The van der Waals surface area contributed by atoms with Crippen LogP contribution in [-0.2, 0) is 6.54 Å². The number of methoxy groups -OCH3 is 2. The van der Waals surface area contributed by atoms with Crippen LogP contribution < -0.4 is 14.8 Å². The third-order valence-corrected chi connectivity index (χ3v) is 4.49. The second-order valence-electron chi connectivity index (χ2n) is 5.27. The zero-order valence-electron chi connectivity index (χ0n) is 12.4. The Morgan fingerprint density at radius 2 is 2.05 bits per heavy atom. The van der Waals surface area contributed by atoms with Gasteiger partial charge in [-0.15, -0.1) is 11.3 Å². The van der Waals surface area contributed by atoms with Crippen molar-refractivity contribution in [1.29, 1.82) is 0 Å². The SMILES string of the molecule is COc1ccc(-c2csc(CNCC3CC3)n2)cc1OC. The second-order valence-corrected chi connectivity index (χ2v) is 6.21. The predicted molar refractivity (Wildman–Crippen MR) is 85.1 cm³/mol. The molecule has 1 aliphatic carbocycles. The van der Waals surface area contributed by atoms with Crippen molar-refractivity contribution in [3.8, 4) is 22.8 Å². The van der Waals surface area contributed by atoms with Gasteiger partial charge in [0.25, 0.3) is 0 Å². The molecular formula is C16H20N2O2S. The van der Waals surface area contributed by atoms with Crippen LogP contribution in [0.4, 0.5) is 0 Å². The lowest BCUT2D eigenvalue weighted by Crippen LogP contribution is -2.15. The van der Waals surface area contributed by atoms with Crippen molar-refractivity contribution in [3.05, 3.63) is 28.6 Å². The van der Waals surface area contributed by atoms with E-state index in [0.29, 0.717) is 0 Å². The first-order chi connectivity index (χ1) is 10.3. The van der Waals surface area contributed by atoms with Gasteiger partial charge in [-0.25, -0.2) is 4.98 Å². The van der Waals surface area contributed by atoms with Crippen molar-refractivity contribution in [3.63, 3.8) is 0 Å². The molecule has 1 saturated carbocycles. The Morgan fingerprint density at radius 1 is 1.24 bits per heavy atom. The molecule has 1 aliphatic rings. The van der Waals surface area contributed by atoms with Crippen LogP contribution in [0.1, 0.15) is 17.8 Å². The quantitative estimate of drug-likeness (QED) is 0.852. The van der Waals surface area contributed by atoms with E-state index in [1.54, 1.807) is 25.6 Å². The van der Waals surface area contributed by atoms with Gasteiger partial charge in [-0.3, -0.25) is 0 Å². The molecule has 1 fully saturated rings. The van der Waals surface area contributed by atoms with Gasteiger partial charge < -0.3 is 14.8 Å². The summed E-state index contributed by atoms with van der Waals surface area (Å²) in [5, 5.41) is 6.69. The highest BCUT2D eigenvalue weighted by atomic mass is 32.1. The summed E-state index contributed by atoms with van der Waals surface area (Å²) in [5.74, 6) is 2.37. The van der Waals surface area contributed by atoms with Gasteiger partial charge in [0.2, 0.25) is 0 Å².